The molecule has 0 unspecified atom stereocenters. The van der Waals surface area contributed by atoms with Crippen LogP contribution in [-0.2, 0) is 0 Å². The summed E-state index contributed by atoms with van der Waals surface area (Å²) in [6.07, 6.45) is 3.42. The van der Waals surface area contributed by atoms with Crippen LogP contribution in [-0.4, -0.2) is 25.8 Å². The van der Waals surface area contributed by atoms with Gasteiger partial charge in [-0.05, 0) is 24.5 Å². The third-order valence-electron chi connectivity index (χ3n) is 3.25. The second kappa shape index (κ2) is 6.98. The van der Waals surface area contributed by atoms with E-state index < -0.39 is 11.3 Å². The number of ketones is 1. The number of Topliss-reactive ketones (excluding diaryl/α,β-unsaturated/α-hetero) is 1. The summed E-state index contributed by atoms with van der Waals surface area (Å²) in [4.78, 5) is 34.6. The molecule has 2 rings (SSSR count). The van der Waals surface area contributed by atoms with Crippen LogP contribution in [0, 0.1) is 5.92 Å². The summed E-state index contributed by atoms with van der Waals surface area (Å²) in [5.74, 6) is -0.288. The van der Waals surface area contributed by atoms with Crippen LogP contribution in [0.1, 0.15) is 43.6 Å². The van der Waals surface area contributed by atoms with Gasteiger partial charge in [-0.1, -0.05) is 26.3 Å². The average Bonchev–Trinajstić information content (AvgIpc) is 2.50. The molecule has 0 saturated carbocycles. The maximum absolute atomic E-state index is 12.2. The van der Waals surface area contributed by atoms with E-state index in [1.54, 1.807) is 24.4 Å². The van der Waals surface area contributed by atoms with Crippen LogP contribution in [0.25, 0.3) is 11.5 Å². The normalized spacial score (nSPS) is 10.9. The first-order valence-electron chi connectivity index (χ1n) is 7.27. The number of rotatable bonds is 6. The first kappa shape index (κ1) is 15.9. The molecule has 2 heterocycles. The Morgan fingerprint density at radius 1 is 1.36 bits per heavy atom. The number of aromatic amines is 1. The van der Waals surface area contributed by atoms with Crippen LogP contribution in [0.3, 0.4) is 0 Å². The number of aromatic hydroxyl groups is 1. The largest absolute Gasteiger partial charge is 0.501 e. The van der Waals surface area contributed by atoms with E-state index in [0.717, 1.165) is 6.42 Å². The maximum atomic E-state index is 12.2. The van der Waals surface area contributed by atoms with Gasteiger partial charge in [0.1, 0.15) is 5.69 Å². The van der Waals surface area contributed by atoms with E-state index >= 15 is 0 Å². The highest BCUT2D eigenvalue weighted by atomic mass is 16.3. The third-order valence-corrected chi connectivity index (χ3v) is 3.25. The highest BCUT2D eigenvalue weighted by Crippen LogP contribution is 2.17. The number of nitrogens with zero attached hydrogens (tertiary/aromatic N) is 2. The Kier molecular flexibility index (Phi) is 5.04. The number of hydrogen-bond donors (Lipinski definition) is 2. The molecule has 22 heavy (non-hydrogen) atoms. The minimum absolute atomic E-state index is 0.176. The fraction of sp³-hybridized carbons (Fsp3) is 0.375. The van der Waals surface area contributed by atoms with Crippen molar-refractivity contribution in [3.8, 4) is 17.3 Å². The number of carbonyl (C=O) groups excluding carboxylic acids is 1. The first-order chi connectivity index (χ1) is 10.5. The molecule has 0 aliphatic carbocycles. The molecule has 6 heteroatoms. The Labute approximate surface area is 128 Å². The van der Waals surface area contributed by atoms with Gasteiger partial charge < -0.3 is 10.1 Å². The van der Waals surface area contributed by atoms with Gasteiger partial charge in [0.2, 0.25) is 5.75 Å². The third kappa shape index (κ3) is 3.78. The standard InChI is InChI=1S/C16H19N3O3/c1-10(2)6-5-8-12(20)13-14(21)16(22)19-15(18-13)11-7-3-4-9-17-11/h3-4,7,9-10,21H,5-6,8H2,1-2H3,(H,18,19,22). The van der Waals surface area contributed by atoms with E-state index in [9.17, 15) is 14.7 Å². The Balaban J connectivity index is 2.29. The fourth-order valence-corrected chi connectivity index (χ4v) is 2.07. The minimum atomic E-state index is -0.733. The quantitative estimate of drug-likeness (QED) is 0.799. The molecule has 0 spiro atoms. The van der Waals surface area contributed by atoms with E-state index in [0.29, 0.717) is 18.0 Å². The molecule has 0 bridgehead atoms. The Hall–Kier alpha value is -2.50. The van der Waals surface area contributed by atoms with Gasteiger partial charge in [0, 0.05) is 12.6 Å². The smallest absolute Gasteiger partial charge is 0.294 e. The van der Waals surface area contributed by atoms with Crippen molar-refractivity contribution in [3.05, 3.63) is 40.4 Å². The average molecular weight is 301 g/mol. The molecule has 116 valence electrons. The lowest BCUT2D eigenvalue weighted by molar-refractivity contribution is 0.0970. The van der Waals surface area contributed by atoms with E-state index in [-0.39, 0.29) is 23.7 Å². The maximum Gasteiger partial charge on any atom is 0.294 e. The zero-order valence-corrected chi connectivity index (χ0v) is 12.7. The second-order valence-corrected chi connectivity index (χ2v) is 5.54. The Morgan fingerprint density at radius 3 is 2.77 bits per heavy atom. The van der Waals surface area contributed by atoms with Crippen LogP contribution >= 0.6 is 0 Å². The first-order valence-corrected chi connectivity index (χ1v) is 7.27. The fourth-order valence-electron chi connectivity index (χ4n) is 2.07. The molecule has 0 fully saturated rings. The van der Waals surface area contributed by atoms with Crippen molar-refractivity contribution in [2.75, 3.05) is 0 Å². The highest BCUT2D eigenvalue weighted by molar-refractivity contribution is 5.96. The molecule has 0 atom stereocenters. The molecule has 2 aromatic rings. The van der Waals surface area contributed by atoms with Gasteiger partial charge in [-0.2, -0.15) is 0 Å². The molecule has 0 amide bonds. The summed E-state index contributed by atoms with van der Waals surface area (Å²) in [5.41, 5.74) is -0.480. The van der Waals surface area contributed by atoms with Gasteiger partial charge in [0.05, 0.1) is 0 Å². The minimum Gasteiger partial charge on any atom is -0.501 e. The summed E-state index contributed by atoms with van der Waals surface area (Å²) in [6.45, 7) is 4.15. The van der Waals surface area contributed by atoms with Gasteiger partial charge in [-0.15, -0.1) is 0 Å². The van der Waals surface area contributed by atoms with Gasteiger partial charge in [-0.25, -0.2) is 4.98 Å². The summed E-state index contributed by atoms with van der Waals surface area (Å²) in [6, 6.07) is 5.15. The summed E-state index contributed by atoms with van der Waals surface area (Å²) in [7, 11) is 0. The predicted octanol–water partition coefficient (Wildman–Crippen LogP) is 2.55. The van der Waals surface area contributed by atoms with Crippen LogP contribution in [0.5, 0.6) is 5.75 Å². The number of pyridine rings is 1. The van der Waals surface area contributed by atoms with E-state index in [2.05, 4.69) is 28.8 Å². The van der Waals surface area contributed by atoms with Crippen LogP contribution < -0.4 is 5.56 Å². The van der Waals surface area contributed by atoms with E-state index in [1.165, 1.54) is 0 Å². The van der Waals surface area contributed by atoms with Crippen molar-refractivity contribution in [1.82, 2.24) is 15.0 Å². The molecule has 0 radical (unpaired) electrons. The number of hydrogen-bond acceptors (Lipinski definition) is 5. The second-order valence-electron chi connectivity index (χ2n) is 5.54. The molecule has 0 aliphatic heterocycles. The van der Waals surface area contributed by atoms with Crippen molar-refractivity contribution in [2.24, 2.45) is 5.92 Å². The van der Waals surface area contributed by atoms with E-state index in [4.69, 9.17) is 0 Å². The van der Waals surface area contributed by atoms with Crippen LogP contribution in [0.4, 0.5) is 0 Å². The van der Waals surface area contributed by atoms with Crippen LogP contribution in [0.2, 0.25) is 0 Å². The number of H-pyrrole nitrogens is 1. The van der Waals surface area contributed by atoms with Gasteiger partial charge in [0.15, 0.2) is 17.3 Å². The summed E-state index contributed by atoms with van der Waals surface area (Å²) >= 11 is 0. The molecule has 2 N–H and O–H groups in total. The van der Waals surface area contributed by atoms with Crippen LogP contribution in [0.15, 0.2) is 29.2 Å². The van der Waals surface area contributed by atoms with E-state index in [1.807, 2.05) is 0 Å². The van der Waals surface area contributed by atoms with Crippen molar-refractivity contribution < 1.29 is 9.90 Å². The summed E-state index contributed by atoms with van der Waals surface area (Å²) < 4.78 is 0. The Bertz CT molecular complexity index is 708. The number of aromatic nitrogens is 3. The topological polar surface area (TPSA) is 95.9 Å². The lowest BCUT2D eigenvalue weighted by atomic mass is 10.0. The molecular weight excluding hydrogens is 282 g/mol. The molecule has 6 nitrogen and oxygen atoms in total. The Morgan fingerprint density at radius 2 is 2.14 bits per heavy atom. The zero-order valence-electron chi connectivity index (χ0n) is 12.7. The van der Waals surface area contributed by atoms with Gasteiger partial charge >= 0.3 is 0 Å². The molecule has 0 aromatic carbocycles. The number of carbonyl (C=O) groups is 1. The van der Waals surface area contributed by atoms with Crippen molar-refractivity contribution >= 4 is 5.78 Å². The monoisotopic (exact) mass is 301 g/mol. The lowest BCUT2D eigenvalue weighted by Crippen LogP contribution is -2.16. The molecule has 0 saturated heterocycles. The molecular formula is C16H19N3O3. The predicted molar refractivity (Wildman–Crippen MR) is 82.8 cm³/mol. The SMILES string of the molecule is CC(C)CCCC(=O)c1nc(-c2ccccn2)[nH]c(=O)c1O. The van der Waals surface area contributed by atoms with Crippen molar-refractivity contribution in [2.45, 2.75) is 33.1 Å². The van der Waals surface area contributed by atoms with Crippen molar-refractivity contribution in [1.29, 1.82) is 0 Å². The molecule has 2 aromatic heterocycles. The number of nitrogens with one attached hydrogen (secondary N) is 1. The van der Waals surface area contributed by atoms with Gasteiger partial charge in [-0.3, -0.25) is 14.6 Å². The zero-order chi connectivity index (χ0) is 16.1. The summed E-state index contributed by atoms with van der Waals surface area (Å²) in [5, 5.41) is 9.80. The van der Waals surface area contributed by atoms with Gasteiger partial charge in [0.25, 0.3) is 5.56 Å². The van der Waals surface area contributed by atoms with Crippen molar-refractivity contribution in [3.63, 3.8) is 0 Å². The highest BCUT2D eigenvalue weighted by Gasteiger charge is 2.18. The lowest BCUT2D eigenvalue weighted by Gasteiger charge is -2.06. The molecule has 0 aliphatic rings.